The van der Waals surface area contributed by atoms with E-state index >= 15 is 0 Å². The number of anilines is 2. The fraction of sp³-hybridized carbons (Fsp3) is 0.167. The smallest absolute Gasteiger partial charge is 0.233 e. The number of nitrogens with zero attached hydrogens (tertiary/aromatic N) is 2. The summed E-state index contributed by atoms with van der Waals surface area (Å²) in [6.07, 6.45) is 0. The van der Waals surface area contributed by atoms with Crippen molar-refractivity contribution >= 4 is 11.6 Å². The van der Waals surface area contributed by atoms with E-state index < -0.39 is 0 Å². The molecule has 0 aliphatic carbocycles. The summed E-state index contributed by atoms with van der Waals surface area (Å²) in [5.74, 6) is 0.487. The Bertz CT molecular complexity index is 526. The normalized spacial score (nSPS) is 9.94. The molecule has 0 aliphatic heterocycles. The third-order valence-electron chi connectivity index (χ3n) is 2.22. The summed E-state index contributed by atoms with van der Waals surface area (Å²) in [6.45, 7) is 0. The van der Waals surface area contributed by atoms with Gasteiger partial charge in [0.2, 0.25) is 17.7 Å². The summed E-state index contributed by atoms with van der Waals surface area (Å²) < 4.78 is 23.5. The molecule has 0 bridgehead atoms. The third kappa shape index (κ3) is 2.65. The number of para-hydroxylation sites is 1. The Hall–Kier alpha value is -2.37. The largest absolute Gasteiger partial charge is 0.481 e. The number of nitrogens with one attached hydrogen (secondary N) is 1. The summed E-state index contributed by atoms with van der Waals surface area (Å²) >= 11 is 0. The number of rotatable bonds is 4. The van der Waals surface area contributed by atoms with Crippen LogP contribution in [0.25, 0.3) is 0 Å². The highest BCUT2D eigenvalue weighted by Gasteiger charge is 2.07. The zero-order valence-corrected chi connectivity index (χ0v) is 9.98. The van der Waals surface area contributed by atoms with Crippen LogP contribution in [0.5, 0.6) is 11.8 Å². The standard InChI is InChI=1S/C12H12FN3O2/c1-17-10-7-11(18-2)16-12(15-10)14-9-6-4-3-5-8(9)13/h3-7H,1-2H3,(H,14,15,16). The van der Waals surface area contributed by atoms with Gasteiger partial charge in [-0.1, -0.05) is 12.1 Å². The van der Waals surface area contributed by atoms with Crippen LogP contribution in [0.3, 0.4) is 0 Å². The fourth-order valence-corrected chi connectivity index (χ4v) is 1.35. The predicted molar refractivity (Wildman–Crippen MR) is 64.8 cm³/mol. The van der Waals surface area contributed by atoms with E-state index in [-0.39, 0.29) is 17.5 Å². The van der Waals surface area contributed by atoms with Gasteiger partial charge < -0.3 is 14.8 Å². The molecule has 0 radical (unpaired) electrons. The van der Waals surface area contributed by atoms with Gasteiger partial charge in [0, 0.05) is 0 Å². The lowest BCUT2D eigenvalue weighted by Crippen LogP contribution is -2.02. The first-order valence-electron chi connectivity index (χ1n) is 5.21. The van der Waals surface area contributed by atoms with Crippen LogP contribution < -0.4 is 14.8 Å². The minimum atomic E-state index is -0.386. The molecule has 5 nitrogen and oxygen atoms in total. The molecule has 6 heteroatoms. The lowest BCUT2D eigenvalue weighted by Gasteiger charge is -2.08. The molecule has 0 spiro atoms. The first kappa shape index (κ1) is 12.1. The molecule has 0 aliphatic rings. The van der Waals surface area contributed by atoms with E-state index in [1.807, 2.05) is 0 Å². The second kappa shape index (κ2) is 5.31. The molecule has 94 valence electrons. The number of hydrogen-bond donors (Lipinski definition) is 1. The van der Waals surface area contributed by atoms with E-state index in [0.717, 1.165) is 0 Å². The summed E-state index contributed by atoms with van der Waals surface area (Å²) in [5, 5.41) is 2.76. The van der Waals surface area contributed by atoms with Crippen LogP contribution in [0.1, 0.15) is 0 Å². The molecule has 1 heterocycles. The SMILES string of the molecule is COc1cc(OC)nc(Nc2ccccc2F)n1. The predicted octanol–water partition coefficient (Wildman–Crippen LogP) is 2.38. The van der Waals surface area contributed by atoms with E-state index in [2.05, 4.69) is 15.3 Å². The molecule has 0 atom stereocenters. The van der Waals surface area contributed by atoms with E-state index in [4.69, 9.17) is 9.47 Å². The van der Waals surface area contributed by atoms with Crippen molar-refractivity contribution in [1.82, 2.24) is 9.97 Å². The first-order valence-corrected chi connectivity index (χ1v) is 5.21. The third-order valence-corrected chi connectivity index (χ3v) is 2.22. The molecule has 2 rings (SSSR count). The minimum absolute atomic E-state index is 0.205. The zero-order chi connectivity index (χ0) is 13.0. The highest BCUT2D eigenvalue weighted by molar-refractivity contribution is 5.54. The molecule has 1 N–H and O–H groups in total. The Kier molecular flexibility index (Phi) is 3.57. The van der Waals surface area contributed by atoms with Crippen LogP contribution >= 0.6 is 0 Å². The molecule has 0 fully saturated rings. The summed E-state index contributed by atoms with van der Waals surface area (Å²) in [4.78, 5) is 8.09. The highest BCUT2D eigenvalue weighted by Crippen LogP contribution is 2.21. The van der Waals surface area contributed by atoms with E-state index in [1.54, 1.807) is 18.2 Å². The first-order chi connectivity index (χ1) is 8.72. The summed E-state index contributed by atoms with van der Waals surface area (Å²) in [7, 11) is 2.96. The highest BCUT2D eigenvalue weighted by atomic mass is 19.1. The number of methoxy groups -OCH3 is 2. The van der Waals surface area contributed by atoms with Crippen LogP contribution in [0.4, 0.5) is 16.0 Å². The Morgan fingerprint density at radius 1 is 1.06 bits per heavy atom. The van der Waals surface area contributed by atoms with Crippen molar-refractivity contribution in [2.75, 3.05) is 19.5 Å². The Labute approximate surface area is 104 Å². The van der Waals surface area contributed by atoms with Gasteiger partial charge in [-0.05, 0) is 12.1 Å². The van der Waals surface area contributed by atoms with Crippen molar-refractivity contribution in [2.24, 2.45) is 0 Å². The van der Waals surface area contributed by atoms with E-state index in [9.17, 15) is 4.39 Å². The van der Waals surface area contributed by atoms with Crippen LogP contribution in [0, 0.1) is 5.82 Å². The number of aromatic nitrogens is 2. The lowest BCUT2D eigenvalue weighted by atomic mass is 10.3. The van der Waals surface area contributed by atoms with Crippen LogP contribution in [-0.4, -0.2) is 24.2 Å². The van der Waals surface area contributed by atoms with E-state index in [0.29, 0.717) is 11.8 Å². The average molecular weight is 249 g/mol. The van der Waals surface area contributed by atoms with E-state index in [1.165, 1.54) is 26.4 Å². The minimum Gasteiger partial charge on any atom is -0.481 e. The fourth-order valence-electron chi connectivity index (χ4n) is 1.35. The average Bonchev–Trinajstić information content (AvgIpc) is 2.41. The van der Waals surface area contributed by atoms with Crippen LogP contribution in [0.15, 0.2) is 30.3 Å². The maximum Gasteiger partial charge on any atom is 0.233 e. The van der Waals surface area contributed by atoms with Crippen molar-refractivity contribution in [2.45, 2.75) is 0 Å². The second-order valence-electron chi connectivity index (χ2n) is 3.38. The van der Waals surface area contributed by atoms with Crippen molar-refractivity contribution in [3.8, 4) is 11.8 Å². The molecule has 0 amide bonds. The number of halogens is 1. The van der Waals surface area contributed by atoms with Crippen LogP contribution in [0.2, 0.25) is 0 Å². The molecule has 0 saturated carbocycles. The van der Waals surface area contributed by atoms with Gasteiger partial charge in [-0.3, -0.25) is 0 Å². The van der Waals surface area contributed by atoms with Gasteiger partial charge in [-0.2, -0.15) is 9.97 Å². The number of hydrogen-bond acceptors (Lipinski definition) is 5. The Morgan fingerprint density at radius 3 is 2.22 bits per heavy atom. The lowest BCUT2D eigenvalue weighted by molar-refractivity contribution is 0.373. The van der Waals surface area contributed by atoms with Crippen LogP contribution in [-0.2, 0) is 0 Å². The molecule has 2 aromatic rings. The van der Waals surface area contributed by atoms with Gasteiger partial charge in [0.15, 0.2) is 0 Å². The monoisotopic (exact) mass is 249 g/mol. The van der Waals surface area contributed by atoms with Crippen molar-refractivity contribution in [3.05, 3.63) is 36.1 Å². The molecule has 1 aromatic carbocycles. The molecular formula is C12H12FN3O2. The van der Waals surface area contributed by atoms with Gasteiger partial charge >= 0.3 is 0 Å². The quantitative estimate of drug-likeness (QED) is 0.901. The van der Waals surface area contributed by atoms with Crippen molar-refractivity contribution in [3.63, 3.8) is 0 Å². The number of benzene rings is 1. The van der Waals surface area contributed by atoms with Crippen molar-refractivity contribution in [1.29, 1.82) is 0 Å². The van der Waals surface area contributed by atoms with Gasteiger partial charge in [-0.25, -0.2) is 4.39 Å². The summed E-state index contributed by atoms with van der Waals surface area (Å²) in [5.41, 5.74) is 0.285. The van der Waals surface area contributed by atoms with Gasteiger partial charge in [0.1, 0.15) is 5.82 Å². The number of ether oxygens (including phenoxy) is 2. The Morgan fingerprint density at radius 2 is 1.67 bits per heavy atom. The second-order valence-corrected chi connectivity index (χ2v) is 3.38. The zero-order valence-electron chi connectivity index (χ0n) is 9.98. The maximum atomic E-state index is 13.5. The van der Waals surface area contributed by atoms with Gasteiger partial charge in [-0.15, -0.1) is 0 Å². The summed E-state index contributed by atoms with van der Waals surface area (Å²) in [6, 6.07) is 7.78. The van der Waals surface area contributed by atoms with Gasteiger partial charge in [0.05, 0.1) is 26.0 Å². The topological polar surface area (TPSA) is 56.3 Å². The molecule has 1 aromatic heterocycles. The molecule has 18 heavy (non-hydrogen) atoms. The van der Waals surface area contributed by atoms with Gasteiger partial charge in [0.25, 0.3) is 0 Å². The van der Waals surface area contributed by atoms with Crippen molar-refractivity contribution < 1.29 is 13.9 Å². The Balaban J connectivity index is 2.31. The molecule has 0 unspecified atom stereocenters. The molecule has 0 saturated heterocycles. The maximum absolute atomic E-state index is 13.5. The molecular weight excluding hydrogens is 237 g/mol.